The molecule has 1 aromatic heterocycles. The average Bonchev–Trinajstić information content (AvgIpc) is 2.78. The number of methoxy groups -OCH3 is 1. The lowest BCUT2D eigenvalue weighted by Crippen LogP contribution is -2.38. The summed E-state index contributed by atoms with van der Waals surface area (Å²) in [6.45, 7) is 0.898. The molecule has 1 heterocycles. The molecule has 0 unspecified atom stereocenters. The fourth-order valence-corrected chi connectivity index (χ4v) is 4.28. The van der Waals surface area contributed by atoms with Crippen molar-refractivity contribution >= 4 is 38.9 Å². The first kappa shape index (κ1) is 22.8. The normalized spacial score (nSPS) is 10.8. The number of hydrogen-bond acceptors (Lipinski definition) is 6. The van der Waals surface area contributed by atoms with Crippen LogP contribution < -0.4 is 19.7 Å². The molecule has 0 saturated heterocycles. The van der Waals surface area contributed by atoms with Gasteiger partial charge in [0.15, 0.2) is 0 Å². The molecule has 3 rings (SSSR count). The number of carbonyl (C=O) groups excluding carboxylic acids is 2. The molecule has 0 spiro atoms. The number of benzene rings is 2. The third kappa shape index (κ3) is 5.61. The van der Waals surface area contributed by atoms with Gasteiger partial charge in [0.25, 0.3) is 10.0 Å². The molecule has 0 aliphatic heterocycles. The van der Waals surface area contributed by atoms with Crippen molar-refractivity contribution < 1.29 is 22.7 Å². The zero-order valence-corrected chi connectivity index (χ0v) is 18.3. The number of nitrogens with one attached hydrogen (secondary N) is 2. The van der Waals surface area contributed by atoms with Crippen LogP contribution >= 0.6 is 0 Å². The molecule has 0 aliphatic carbocycles. The summed E-state index contributed by atoms with van der Waals surface area (Å²) in [6.07, 6.45) is 2.69. The van der Waals surface area contributed by atoms with Crippen molar-refractivity contribution in [2.45, 2.75) is 11.8 Å². The second kappa shape index (κ2) is 9.92. The topological polar surface area (TPSA) is 118 Å². The van der Waals surface area contributed by atoms with E-state index in [1.54, 1.807) is 48.5 Å². The summed E-state index contributed by atoms with van der Waals surface area (Å²) in [6, 6.07) is 15.8. The number of rotatable bonds is 8. The number of amides is 2. The Labute approximate surface area is 186 Å². The molecule has 32 heavy (non-hydrogen) atoms. The Morgan fingerprint density at radius 2 is 1.69 bits per heavy atom. The summed E-state index contributed by atoms with van der Waals surface area (Å²) >= 11 is 0. The van der Waals surface area contributed by atoms with Crippen LogP contribution in [0.25, 0.3) is 0 Å². The number of aromatic nitrogens is 1. The van der Waals surface area contributed by atoms with Gasteiger partial charge in [-0.05, 0) is 54.6 Å². The van der Waals surface area contributed by atoms with Crippen molar-refractivity contribution in [2.24, 2.45) is 0 Å². The second-order valence-corrected chi connectivity index (χ2v) is 8.57. The van der Waals surface area contributed by atoms with Gasteiger partial charge in [-0.25, -0.2) is 8.42 Å². The lowest BCUT2D eigenvalue weighted by atomic mass is 10.2. The third-order valence-electron chi connectivity index (χ3n) is 4.34. The van der Waals surface area contributed by atoms with Gasteiger partial charge in [-0.2, -0.15) is 0 Å². The molecular weight excluding hydrogens is 432 g/mol. The highest BCUT2D eigenvalue weighted by Crippen LogP contribution is 2.25. The van der Waals surface area contributed by atoms with Gasteiger partial charge in [-0.15, -0.1) is 0 Å². The standard InChI is InChI=1S/C22H22N4O5S/c1-16(27)24-17-5-3-6-18(13-17)25-22(28)15-26(19-8-10-20(31-2)11-9-19)32(29,30)21-7-4-12-23-14-21/h3-14H,15H2,1-2H3,(H,24,27)(H,25,28). The van der Waals surface area contributed by atoms with E-state index in [4.69, 9.17) is 4.74 Å². The first-order valence-electron chi connectivity index (χ1n) is 9.54. The second-order valence-electron chi connectivity index (χ2n) is 6.71. The molecule has 2 N–H and O–H groups in total. The van der Waals surface area contributed by atoms with Crippen LogP contribution in [0.2, 0.25) is 0 Å². The van der Waals surface area contributed by atoms with Crippen LogP contribution in [0.15, 0.2) is 78.0 Å². The molecule has 0 fully saturated rings. The number of sulfonamides is 1. The van der Waals surface area contributed by atoms with Crippen LogP contribution in [-0.2, 0) is 19.6 Å². The van der Waals surface area contributed by atoms with E-state index in [1.165, 1.54) is 38.6 Å². The van der Waals surface area contributed by atoms with Crippen molar-refractivity contribution in [1.29, 1.82) is 0 Å². The third-order valence-corrected chi connectivity index (χ3v) is 6.09. The summed E-state index contributed by atoms with van der Waals surface area (Å²) in [5.41, 5.74) is 1.21. The highest BCUT2D eigenvalue weighted by Gasteiger charge is 2.27. The number of pyridine rings is 1. The Morgan fingerprint density at radius 1 is 1.00 bits per heavy atom. The molecule has 0 atom stereocenters. The van der Waals surface area contributed by atoms with Gasteiger partial charge >= 0.3 is 0 Å². The lowest BCUT2D eigenvalue weighted by molar-refractivity contribution is -0.115. The Bertz CT molecular complexity index is 1200. The molecule has 2 aromatic carbocycles. The SMILES string of the molecule is COc1ccc(N(CC(=O)Nc2cccc(NC(C)=O)c2)S(=O)(=O)c2cccnc2)cc1. The number of ether oxygens (including phenoxy) is 1. The fraction of sp³-hybridized carbons (Fsp3) is 0.136. The Hall–Kier alpha value is -3.92. The van der Waals surface area contributed by atoms with Crippen molar-refractivity contribution in [3.8, 4) is 5.75 Å². The smallest absolute Gasteiger partial charge is 0.266 e. The Balaban J connectivity index is 1.88. The van der Waals surface area contributed by atoms with Crippen LogP contribution in [0.5, 0.6) is 5.75 Å². The Morgan fingerprint density at radius 3 is 2.28 bits per heavy atom. The van der Waals surface area contributed by atoms with E-state index in [0.717, 1.165) is 4.31 Å². The van der Waals surface area contributed by atoms with Crippen LogP contribution in [0.4, 0.5) is 17.1 Å². The van der Waals surface area contributed by atoms with Gasteiger partial charge in [0, 0.05) is 30.7 Å². The molecule has 0 saturated carbocycles. The summed E-state index contributed by atoms with van der Waals surface area (Å²) < 4.78 is 32.7. The van der Waals surface area contributed by atoms with Gasteiger partial charge in [0.2, 0.25) is 11.8 Å². The first-order valence-corrected chi connectivity index (χ1v) is 11.0. The Kier molecular flexibility index (Phi) is 7.06. The predicted octanol–water partition coefficient (Wildman–Crippen LogP) is 2.88. The summed E-state index contributed by atoms with van der Waals surface area (Å²) in [7, 11) is -2.57. The predicted molar refractivity (Wildman–Crippen MR) is 121 cm³/mol. The van der Waals surface area contributed by atoms with Gasteiger partial charge in [-0.1, -0.05) is 6.07 Å². The zero-order valence-electron chi connectivity index (χ0n) is 17.5. The van der Waals surface area contributed by atoms with Gasteiger partial charge < -0.3 is 15.4 Å². The summed E-state index contributed by atoms with van der Waals surface area (Å²) in [5, 5.41) is 5.29. The molecule has 0 aliphatic rings. The minimum absolute atomic E-state index is 0.0451. The van der Waals surface area contributed by atoms with Crippen LogP contribution in [0.3, 0.4) is 0 Å². The van der Waals surface area contributed by atoms with Gasteiger partial charge in [0.05, 0.1) is 12.8 Å². The van der Waals surface area contributed by atoms with E-state index in [9.17, 15) is 18.0 Å². The van der Waals surface area contributed by atoms with Crippen LogP contribution in [0.1, 0.15) is 6.92 Å². The van der Waals surface area contributed by atoms with E-state index in [1.807, 2.05) is 0 Å². The molecular formula is C22H22N4O5S. The molecule has 3 aromatic rings. The van der Waals surface area contributed by atoms with E-state index in [-0.39, 0.29) is 16.5 Å². The quantitative estimate of drug-likeness (QED) is 0.540. The molecule has 10 heteroatoms. The average molecular weight is 455 g/mol. The number of hydrogen-bond donors (Lipinski definition) is 2. The largest absolute Gasteiger partial charge is 0.497 e. The maximum Gasteiger partial charge on any atom is 0.266 e. The van der Waals surface area contributed by atoms with Crippen LogP contribution in [-0.4, -0.2) is 38.9 Å². The van der Waals surface area contributed by atoms with Crippen molar-refractivity contribution in [3.05, 3.63) is 73.1 Å². The molecule has 0 radical (unpaired) electrons. The maximum atomic E-state index is 13.3. The number of anilines is 3. The summed E-state index contributed by atoms with van der Waals surface area (Å²) in [4.78, 5) is 27.9. The van der Waals surface area contributed by atoms with Crippen LogP contribution in [0, 0.1) is 0 Å². The first-order chi connectivity index (χ1) is 15.3. The van der Waals surface area contributed by atoms with Crippen molar-refractivity contribution in [3.63, 3.8) is 0 Å². The minimum Gasteiger partial charge on any atom is -0.497 e. The molecule has 166 valence electrons. The highest BCUT2D eigenvalue weighted by molar-refractivity contribution is 7.92. The van der Waals surface area contributed by atoms with Gasteiger partial charge in [-0.3, -0.25) is 18.9 Å². The summed E-state index contributed by atoms with van der Waals surface area (Å²) in [5.74, 6) is -0.262. The molecule has 2 amide bonds. The monoisotopic (exact) mass is 454 g/mol. The molecule has 0 bridgehead atoms. The van der Waals surface area contributed by atoms with E-state index < -0.39 is 22.5 Å². The van der Waals surface area contributed by atoms with E-state index in [2.05, 4.69) is 15.6 Å². The van der Waals surface area contributed by atoms with E-state index >= 15 is 0 Å². The number of nitrogens with zero attached hydrogens (tertiary/aromatic N) is 2. The number of carbonyl (C=O) groups is 2. The fourth-order valence-electron chi connectivity index (χ4n) is 2.90. The minimum atomic E-state index is -4.07. The maximum absolute atomic E-state index is 13.3. The molecule has 9 nitrogen and oxygen atoms in total. The van der Waals surface area contributed by atoms with Crippen molar-refractivity contribution in [1.82, 2.24) is 4.98 Å². The van der Waals surface area contributed by atoms with Gasteiger partial charge in [0.1, 0.15) is 17.2 Å². The zero-order chi connectivity index (χ0) is 23.1. The highest BCUT2D eigenvalue weighted by atomic mass is 32.2. The lowest BCUT2D eigenvalue weighted by Gasteiger charge is -2.24. The van der Waals surface area contributed by atoms with Crippen molar-refractivity contribution in [2.75, 3.05) is 28.6 Å². The van der Waals surface area contributed by atoms with E-state index in [0.29, 0.717) is 17.1 Å².